The molecule has 0 saturated carbocycles. The Labute approximate surface area is 175 Å². The fourth-order valence-corrected chi connectivity index (χ4v) is 3.38. The predicted octanol–water partition coefficient (Wildman–Crippen LogP) is 3.44. The summed E-state index contributed by atoms with van der Waals surface area (Å²) in [6.45, 7) is 1.70. The van der Waals surface area contributed by atoms with E-state index in [0.717, 1.165) is 24.5 Å². The number of hydrogen-bond donors (Lipinski definition) is 2. The number of methoxy groups -OCH3 is 2. The number of nitrogens with zero attached hydrogens (tertiary/aromatic N) is 1. The molecular weight excluding hydrogens is 389 g/mol. The Kier molecular flexibility index (Phi) is 7.11. The highest BCUT2D eigenvalue weighted by Gasteiger charge is 2.20. The topological polar surface area (TPSA) is 79.9 Å². The molecule has 0 radical (unpaired) electrons. The molecule has 3 rings (SSSR count). The monoisotopic (exact) mass is 415 g/mol. The van der Waals surface area contributed by atoms with Gasteiger partial charge >= 0.3 is 6.03 Å². The number of urea groups is 1. The fraction of sp³-hybridized carbons (Fsp3) is 0.364. The SMILES string of the molecule is COc1ccc(CCNC(=O)c2cc(F)ccc2NC(=O)N2CCCC2)cc1OC. The third kappa shape index (κ3) is 5.20. The number of likely N-dealkylation sites (tertiary alicyclic amines) is 1. The maximum Gasteiger partial charge on any atom is 0.321 e. The van der Waals surface area contributed by atoms with Crippen molar-refractivity contribution in [1.82, 2.24) is 10.2 Å². The molecule has 1 saturated heterocycles. The minimum atomic E-state index is -0.542. The second-order valence-corrected chi connectivity index (χ2v) is 7.01. The maximum absolute atomic E-state index is 13.8. The number of amides is 3. The number of carbonyl (C=O) groups is 2. The smallest absolute Gasteiger partial charge is 0.321 e. The van der Waals surface area contributed by atoms with Gasteiger partial charge in [-0.25, -0.2) is 9.18 Å². The average Bonchev–Trinajstić information content (AvgIpc) is 3.30. The van der Waals surface area contributed by atoms with Gasteiger partial charge in [-0.15, -0.1) is 0 Å². The van der Waals surface area contributed by atoms with Crippen LogP contribution < -0.4 is 20.1 Å². The van der Waals surface area contributed by atoms with Gasteiger partial charge < -0.3 is 25.0 Å². The summed E-state index contributed by atoms with van der Waals surface area (Å²) in [7, 11) is 3.13. The first kappa shape index (κ1) is 21.4. The molecule has 2 aromatic carbocycles. The van der Waals surface area contributed by atoms with Crippen LogP contribution in [0.3, 0.4) is 0 Å². The Morgan fingerprint density at radius 3 is 2.47 bits per heavy atom. The average molecular weight is 415 g/mol. The lowest BCUT2D eigenvalue weighted by atomic mass is 10.1. The molecule has 0 spiro atoms. The number of halogens is 1. The zero-order valence-electron chi connectivity index (χ0n) is 17.2. The molecule has 1 aliphatic rings. The van der Waals surface area contributed by atoms with Gasteiger partial charge in [0.15, 0.2) is 11.5 Å². The first-order valence-corrected chi connectivity index (χ1v) is 9.86. The summed E-state index contributed by atoms with van der Waals surface area (Å²) in [5.41, 5.74) is 1.33. The van der Waals surface area contributed by atoms with Crippen LogP contribution in [0.1, 0.15) is 28.8 Å². The van der Waals surface area contributed by atoms with Crippen molar-refractivity contribution in [3.8, 4) is 11.5 Å². The van der Waals surface area contributed by atoms with Crippen molar-refractivity contribution >= 4 is 17.6 Å². The van der Waals surface area contributed by atoms with Gasteiger partial charge in [-0.2, -0.15) is 0 Å². The molecule has 3 amide bonds. The minimum absolute atomic E-state index is 0.0925. The van der Waals surface area contributed by atoms with Crippen LogP contribution in [0, 0.1) is 5.82 Å². The molecule has 2 N–H and O–H groups in total. The Morgan fingerprint density at radius 2 is 1.77 bits per heavy atom. The number of benzene rings is 2. The van der Waals surface area contributed by atoms with E-state index in [2.05, 4.69) is 10.6 Å². The summed E-state index contributed by atoms with van der Waals surface area (Å²) in [4.78, 5) is 26.7. The zero-order chi connectivity index (χ0) is 21.5. The van der Waals surface area contributed by atoms with E-state index in [1.165, 1.54) is 12.1 Å². The predicted molar refractivity (Wildman–Crippen MR) is 112 cm³/mol. The lowest BCUT2D eigenvalue weighted by molar-refractivity contribution is 0.0954. The quantitative estimate of drug-likeness (QED) is 0.726. The highest BCUT2D eigenvalue weighted by Crippen LogP contribution is 2.27. The number of carbonyl (C=O) groups excluding carboxylic acids is 2. The standard InChI is InChI=1S/C22H26FN3O4/c1-29-19-8-5-15(13-20(19)30-2)9-10-24-21(27)17-14-16(23)6-7-18(17)25-22(28)26-11-3-4-12-26/h5-8,13-14H,3-4,9-12H2,1-2H3,(H,24,27)(H,25,28). The largest absolute Gasteiger partial charge is 0.493 e. The van der Waals surface area contributed by atoms with Gasteiger partial charge in [0.2, 0.25) is 0 Å². The van der Waals surface area contributed by atoms with Crippen LogP contribution >= 0.6 is 0 Å². The van der Waals surface area contributed by atoms with Gasteiger partial charge in [0.25, 0.3) is 5.91 Å². The van der Waals surface area contributed by atoms with Gasteiger partial charge in [-0.3, -0.25) is 4.79 Å². The second kappa shape index (κ2) is 9.96. The van der Waals surface area contributed by atoms with E-state index in [4.69, 9.17) is 9.47 Å². The van der Waals surface area contributed by atoms with Crippen molar-refractivity contribution < 1.29 is 23.5 Å². The number of nitrogens with one attached hydrogen (secondary N) is 2. The minimum Gasteiger partial charge on any atom is -0.493 e. The first-order valence-electron chi connectivity index (χ1n) is 9.86. The molecule has 0 unspecified atom stereocenters. The van der Waals surface area contributed by atoms with Crippen LogP contribution in [-0.2, 0) is 6.42 Å². The summed E-state index contributed by atoms with van der Waals surface area (Å²) in [6.07, 6.45) is 2.47. The summed E-state index contributed by atoms with van der Waals surface area (Å²) in [5.74, 6) is 0.243. The third-order valence-electron chi connectivity index (χ3n) is 5.01. The molecule has 1 aliphatic heterocycles. The van der Waals surface area contributed by atoms with Crippen molar-refractivity contribution in [3.63, 3.8) is 0 Å². The number of ether oxygens (including phenoxy) is 2. The molecule has 2 aromatic rings. The Morgan fingerprint density at radius 1 is 1.03 bits per heavy atom. The number of anilines is 1. The van der Waals surface area contributed by atoms with Gasteiger partial charge in [-0.05, 0) is 55.2 Å². The molecule has 0 atom stereocenters. The van der Waals surface area contributed by atoms with Crippen molar-refractivity contribution in [1.29, 1.82) is 0 Å². The molecule has 1 heterocycles. The van der Waals surface area contributed by atoms with E-state index in [1.54, 1.807) is 25.2 Å². The highest BCUT2D eigenvalue weighted by molar-refractivity contribution is 6.03. The van der Waals surface area contributed by atoms with Crippen molar-refractivity contribution in [2.45, 2.75) is 19.3 Å². The Hall–Kier alpha value is -3.29. The Balaban J connectivity index is 1.63. The first-order chi connectivity index (χ1) is 14.5. The lowest BCUT2D eigenvalue weighted by Crippen LogP contribution is -2.33. The molecule has 8 heteroatoms. The van der Waals surface area contributed by atoms with E-state index >= 15 is 0 Å². The van der Waals surface area contributed by atoms with Crippen LogP contribution in [0.4, 0.5) is 14.9 Å². The zero-order valence-corrected chi connectivity index (χ0v) is 17.2. The van der Waals surface area contributed by atoms with Crippen LogP contribution in [-0.4, -0.2) is 50.7 Å². The van der Waals surface area contributed by atoms with Gasteiger partial charge in [0.1, 0.15) is 5.82 Å². The molecule has 30 heavy (non-hydrogen) atoms. The third-order valence-corrected chi connectivity index (χ3v) is 5.01. The molecule has 160 valence electrons. The van der Waals surface area contributed by atoms with Gasteiger partial charge in [0.05, 0.1) is 25.5 Å². The second-order valence-electron chi connectivity index (χ2n) is 7.01. The number of hydrogen-bond acceptors (Lipinski definition) is 4. The van der Waals surface area contributed by atoms with Gasteiger partial charge in [0, 0.05) is 19.6 Å². The number of rotatable bonds is 7. The molecule has 0 bridgehead atoms. The Bertz CT molecular complexity index is 913. The summed E-state index contributed by atoms with van der Waals surface area (Å²) in [6, 6.07) is 9.01. The summed E-state index contributed by atoms with van der Waals surface area (Å²) >= 11 is 0. The lowest BCUT2D eigenvalue weighted by Gasteiger charge is -2.18. The van der Waals surface area contributed by atoms with Crippen molar-refractivity contribution in [2.75, 3.05) is 39.2 Å². The molecule has 0 aliphatic carbocycles. The van der Waals surface area contributed by atoms with E-state index in [0.29, 0.717) is 37.6 Å². The molecular formula is C22H26FN3O4. The van der Waals surface area contributed by atoms with Gasteiger partial charge in [-0.1, -0.05) is 6.07 Å². The van der Waals surface area contributed by atoms with Crippen LogP contribution in [0.2, 0.25) is 0 Å². The highest BCUT2D eigenvalue weighted by atomic mass is 19.1. The van der Waals surface area contributed by atoms with E-state index in [1.807, 2.05) is 12.1 Å². The molecule has 0 aromatic heterocycles. The van der Waals surface area contributed by atoms with Crippen LogP contribution in [0.15, 0.2) is 36.4 Å². The summed E-state index contributed by atoms with van der Waals surface area (Å²) in [5, 5.41) is 5.51. The molecule has 1 fully saturated rings. The summed E-state index contributed by atoms with van der Waals surface area (Å²) < 4.78 is 24.3. The van der Waals surface area contributed by atoms with Crippen LogP contribution in [0.25, 0.3) is 0 Å². The van der Waals surface area contributed by atoms with E-state index in [9.17, 15) is 14.0 Å². The van der Waals surface area contributed by atoms with Crippen molar-refractivity contribution in [2.24, 2.45) is 0 Å². The van der Waals surface area contributed by atoms with E-state index in [-0.39, 0.29) is 17.3 Å². The molecule has 7 nitrogen and oxygen atoms in total. The van der Waals surface area contributed by atoms with Crippen molar-refractivity contribution in [3.05, 3.63) is 53.3 Å². The maximum atomic E-state index is 13.8. The van der Waals surface area contributed by atoms with E-state index < -0.39 is 11.7 Å². The normalized spacial score (nSPS) is 13.1. The van der Waals surface area contributed by atoms with Crippen LogP contribution in [0.5, 0.6) is 11.5 Å². The fourth-order valence-electron chi connectivity index (χ4n) is 3.38.